The highest BCUT2D eigenvalue weighted by Crippen LogP contribution is 2.16. The molecule has 0 aliphatic heterocycles. The highest BCUT2D eigenvalue weighted by atomic mass is 16.5. The van der Waals surface area contributed by atoms with Crippen LogP contribution in [0, 0.1) is 0 Å². The molecule has 0 saturated heterocycles. The Morgan fingerprint density at radius 3 is 2.62 bits per heavy atom. The molecule has 4 rings (SSSR count). The lowest BCUT2D eigenvalue weighted by molar-refractivity contribution is 0.301. The SMILES string of the molecule is Cn1cccc1/C=C/c1cc(/C=C/c2ccc(OCc3ccccn3)cc2)n[nH]1. The lowest BCUT2D eigenvalue weighted by Gasteiger charge is -2.05. The monoisotopic (exact) mass is 382 g/mol. The Balaban J connectivity index is 1.34. The van der Waals surface area contributed by atoms with Crippen LogP contribution >= 0.6 is 0 Å². The summed E-state index contributed by atoms with van der Waals surface area (Å²) < 4.78 is 7.83. The first-order chi connectivity index (χ1) is 14.3. The average Bonchev–Trinajstić information content (AvgIpc) is 3.39. The summed E-state index contributed by atoms with van der Waals surface area (Å²) in [6.45, 7) is 0.461. The van der Waals surface area contributed by atoms with Crippen LogP contribution in [0.5, 0.6) is 5.75 Å². The summed E-state index contributed by atoms with van der Waals surface area (Å²) in [7, 11) is 2.02. The van der Waals surface area contributed by atoms with Crippen molar-refractivity contribution in [3.63, 3.8) is 0 Å². The molecule has 0 unspecified atom stereocenters. The van der Waals surface area contributed by atoms with Gasteiger partial charge in [-0.05, 0) is 66.3 Å². The topological polar surface area (TPSA) is 55.7 Å². The van der Waals surface area contributed by atoms with E-state index in [9.17, 15) is 0 Å². The molecule has 29 heavy (non-hydrogen) atoms. The first-order valence-electron chi connectivity index (χ1n) is 9.42. The van der Waals surface area contributed by atoms with Gasteiger partial charge in [-0.3, -0.25) is 10.1 Å². The van der Waals surface area contributed by atoms with Crippen LogP contribution in [0.15, 0.2) is 73.1 Å². The van der Waals surface area contributed by atoms with Gasteiger partial charge in [0.15, 0.2) is 0 Å². The third-order valence-corrected chi connectivity index (χ3v) is 4.47. The van der Waals surface area contributed by atoms with Gasteiger partial charge in [-0.25, -0.2) is 0 Å². The van der Waals surface area contributed by atoms with E-state index in [1.54, 1.807) is 6.20 Å². The molecule has 144 valence electrons. The van der Waals surface area contributed by atoms with E-state index in [1.807, 2.05) is 86.1 Å². The zero-order chi connectivity index (χ0) is 19.9. The van der Waals surface area contributed by atoms with E-state index >= 15 is 0 Å². The van der Waals surface area contributed by atoms with E-state index in [1.165, 1.54) is 0 Å². The number of aromatic nitrogens is 4. The normalized spacial score (nSPS) is 11.5. The van der Waals surface area contributed by atoms with Gasteiger partial charge in [0.25, 0.3) is 0 Å². The molecule has 0 fully saturated rings. The fourth-order valence-corrected chi connectivity index (χ4v) is 2.84. The molecule has 1 N–H and O–H groups in total. The quantitative estimate of drug-likeness (QED) is 0.486. The van der Waals surface area contributed by atoms with Crippen LogP contribution in [0.2, 0.25) is 0 Å². The smallest absolute Gasteiger partial charge is 0.130 e. The number of rotatable bonds is 7. The summed E-state index contributed by atoms with van der Waals surface area (Å²) >= 11 is 0. The number of benzene rings is 1. The average molecular weight is 382 g/mol. The predicted molar refractivity (Wildman–Crippen MR) is 117 cm³/mol. The minimum atomic E-state index is 0.461. The maximum absolute atomic E-state index is 5.77. The highest BCUT2D eigenvalue weighted by molar-refractivity contribution is 5.71. The van der Waals surface area contributed by atoms with Gasteiger partial charge in [0, 0.05) is 25.1 Å². The van der Waals surface area contributed by atoms with Crippen LogP contribution in [0.25, 0.3) is 24.3 Å². The van der Waals surface area contributed by atoms with Crippen LogP contribution in [0.3, 0.4) is 0 Å². The van der Waals surface area contributed by atoms with Gasteiger partial charge in [-0.15, -0.1) is 0 Å². The van der Waals surface area contributed by atoms with Crippen molar-refractivity contribution in [2.24, 2.45) is 7.05 Å². The van der Waals surface area contributed by atoms with Crippen molar-refractivity contribution in [1.82, 2.24) is 19.7 Å². The maximum atomic E-state index is 5.77. The third-order valence-electron chi connectivity index (χ3n) is 4.47. The molecule has 0 amide bonds. The van der Waals surface area contributed by atoms with Crippen LogP contribution in [0.4, 0.5) is 0 Å². The Morgan fingerprint density at radius 1 is 0.966 bits per heavy atom. The van der Waals surface area contributed by atoms with Crippen LogP contribution in [-0.2, 0) is 13.7 Å². The predicted octanol–water partition coefficient (Wildman–Crippen LogP) is 5.06. The number of ether oxygens (including phenoxy) is 1. The van der Waals surface area contributed by atoms with Gasteiger partial charge in [0.05, 0.1) is 17.1 Å². The second-order valence-corrected chi connectivity index (χ2v) is 6.64. The van der Waals surface area contributed by atoms with Gasteiger partial charge in [0.2, 0.25) is 0 Å². The fraction of sp³-hybridized carbons (Fsp3) is 0.0833. The first kappa shape index (κ1) is 18.5. The molecule has 3 heterocycles. The second kappa shape index (κ2) is 8.89. The minimum absolute atomic E-state index is 0.461. The summed E-state index contributed by atoms with van der Waals surface area (Å²) in [6, 6.07) is 19.9. The molecule has 0 aliphatic rings. The van der Waals surface area contributed by atoms with Crippen molar-refractivity contribution >= 4 is 24.3 Å². The molecule has 0 atom stereocenters. The molecule has 0 saturated carbocycles. The molecule has 4 aromatic rings. The van der Waals surface area contributed by atoms with E-state index in [0.29, 0.717) is 6.61 Å². The number of nitrogens with one attached hydrogen (secondary N) is 1. The molecule has 0 radical (unpaired) electrons. The van der Waals surface area contributed by atoms with Crippen molar-refractivity contribution in [2.75, 3.05) is 0 Å². The zero-order valence-corrected chi connectivity index (χ0v) is 16.2. The van der Waals surface area contributed by atoms with Crippen LogP contribution < -0.4 is 4.74 Å². The summed E-state index contributed by atoms with van der Waals surface area (Å²) in [5, 5.41) is 7.37. The molecule has 0 aliphatic carbocycles. The molecule has 5 nitrogen and oxygen atoms in total. The second-order valence-electron chi connectivity index (χ2n) is 6.64. The van der Waals surface area contributed by atoms with Crippen LogP contribution in [0.1, 0.15) is 28.3 Å². The van der Waals surface area contributed by atoms with Gasteiger partial charge in [-0.2, -0.15) is 5.10 Å². The number of hydrogen-bond acceptors (Lipinski definition) is 3. The van der Waals surface area contributed by atoms with E-state index in [-0.39, 0.29) is 0 Å². The standard InChI is InChI=1S/C24H22N4O/c1-28-16-4-6-23(28)12-11-21-17-20(26-27-21)10-7-19-8-13-24(14-9-19)29-18-22-5-2-3-15-25-22/h2-17H,18H2,1H3,(H,26,27)/b10-7+,12-11+. The number of aryl methyl sites for hydroxylation is 1. The Morgan fingerprint density at radius 2 is 1.86 bits per heavy atom. The molecule has 0 bridgehead atoms. The lowest BCUT2D eigenvalue weighted by Crippen LogP contribution is -1.97. The molecule has 0 spiro atoms. The Kier molecular flexibility index (Phi) is 5.67. The van der Waals surface area contributed by atoms with E-state index in [4.69, 9.17) is 4.74 Å². The van der Waals surface area contributed by atoms with Crippen molar-refractivity contribution in [2.45, 2.75) is 6.61 Å². The summed E-state index contributed by atoms with van der Waals surface area (Å²) in [5.74, 6) is 0.820. The summed E-state index contributed by atoms with van der Waals surface area (Å²) in [5.41, 5.74) is 4.98. The minimum Gasteiger partial charge on any atom is -0.487 e. The third kappa shape index (κ3) is 5.11. The van der Waals surface area contributed by atoms with Crippen molar-refractivity contribution in [3.05, 3.63) is 101 Å². The largest absolute Gasteiger partial charge is 0.487 e. The van der Waals surface area contributed by atoms with Gasteiger partial charge < -0.3 is 9.30 Å². The molecular formula is C24H22N4O. The van der Waals surface area contributed by atoms with E-state index in [2.05, 4.69) is 31.9 Å². The number of pyridine rings is 1. The summed E-state index contributed by atoms with van der Waals surface area (Å²) in [4.78, 5) is 4.26. The molecule has 3 aromatic heterocycles. The van der Waals surface area contributed by atoms with E-state index in [0.717, 1.165) is 34.1 Å². The number of hydrogen-bond donors (Lipinski definition) is 1. The zero-order valence-electron chi connectivity index (χ0n) is 16.2. The van der Waals surface area contributed by atoms with Crippen molar-refractivity contribution in [3.8, 4) is 5.75 Å². The molecule has 1 aromatic carbocycles. The Bertz CT molecular complexity index is 1110. The van der Waals surface area contributed by atoms with Crippen molar-refractivity contribution < 1.29 is 4.74 Å². The van der Waals surface area contributed by atoms with Gasteiger partial charge >= 0.3 is 0 Å². The Labute approximate surface area is 170 Å². The maximum Gasteiger partial charge on any atom is 0.130 e. The highest BCUT2D eigenvalue weighted by Gasteiger charge is 1.98. The molecular weight excluding hydrogens is 360 g/mol. The molecule has 5 heteroatoms. The first-order valence-corrected chi connectivity index (χ1v) is 9.42. The van der Waals surface area contributed by atoms with Gasteiger partial charge in [0.1, 0.15) is 12.4 Å². The fourth-order valence-electron chi connectivity index (χ4n) is 2.84. The van der Waals surface area contributed by atoms with E-state index < -0.39 is 0 Å². The van der Waals surface area contributed by atoms with Gasteiger partial charge in [-0.1, -0.05) is 24.3 Å². The van der Waals surface area contributed by atoms with Crippen LogP contribution in [-0.4, -0.2) is 19.7 Å². The Hall–Kier alpha value is -3.86. The number of nitrogens with zero attached hydrogens (tertiary/aromatic N) is 3. The number of H-pyrrole nitrogens is 1. The van der Waals surface area contributed by atoms with Crippen molar-refractivity contribution in [1.29, 1.82) is 0 Å². The summed E-state index contributed by atoms with van der Waals surface area (Å²) in [6.07, 6.45) is 11.9. The lowest BCUT2D eigenvalue weighted by atomic mass is 10.2. The number of aromatic amines is 1.